The zero-order chi connectivity index (χ0) is 13.8. The fourth-order valence-corrected chi connectivity index (χ4v) is 2.74. The fraction of sp³-hybridized carbons (Fsp3) is 0.500. The van der Waals surface area contributed by atoms with Gasteiger partial charge in [-0.05, 0) is 24.8 Å². The van der Waals surface area contributed by atoms with E-state index in [2.05, 4.69) is 5.32 Å². The van der Waals surface area contributed by atoms with Crippen LogP contribution in [0.2, 0.25) is 5.02 Å². The van der Waals surface area contributed by atoms with Crippen molar-refractivity contribution in [2.45, 2.75) is 32.2 Å². The number of amides is 1. The minimum absolute atomic E-state index is 0.351. The van der Waals surface area contributed by atoms with E-state index in [4.69, 9.17) is 16.3 Å². The smallest absolute Gasteiger partial charge is 0.331 e. The summed E-state index contributed by atoms with van der Waals surface area (Å²) in [6.45, 7) is 3.59. The van der Waals surface area contributed by atoms with Crippen LogP contribution in [0.5, 0.6) is 0 Å². The molecule has 1 amide bonds. The van der Waals surface area contributed by atoms with Crippen molar-refractivity contribution in [3.05, 3.63) is 21.3 Å². The number of hydrogen-bond acceptors (Lipinski definition) is 4. The molecule has 1 rings (SSSR count). The highest BCUT2D eigenvalue weighted by Crippen LogP contribution is 2.23. The lowest BCUT2D eigenvalue weighted by molar-refractivity contribution is -0.147. The van der Waals surface area contributed by atoms with Gasteiger partial charge in [0.15, 0.2) is 0 Å². The fourth-order valence-electron chi connectivity index (χ4n) is 1.70. The van der Waals surface area contributed by atoms with Crippen LogP contribution in [-0.4, -0.2) is 24.5 Å². The number of thiophene rings is 1. The highest BCUT2D eigenvalue weighted by molar-refractivity contribution is 7.12. The molecule has 0 radical (unpaired) electrons. The predicted molar refractivity (Wildman–Crippen MR) is 72.1 cm³/mol. The van der Waals surface area contributed by atoms with Crippen LogP contribution in [0.1, 0.15) is 36.4 Å². The third kappa shape index (κ3) is 3.23. The van der Waals surface area contributed by atoms with E-state index in [-0.39, 0.29) is 5.91 Å². The Bertz CT molecular complexity index is 446. The summed E-state index contributed by atoms with van der Waals surface area (Å²) in [5.41, 5.74) is -1.02. The van der Waals surface area contributed by atoms with Crippen molar-refractivity contribution in [1.29, 1.82) is 0 Å². The number of halogens is 1. The van der Waals surface area contributed by atoms with Gasteiger partial charge in [0.2, 0.25) is 0 Å². The lowest BCUT2D eigenvalue weighted by atomic mass is 9.96. The van der Waals surface area contributed by atoms with Gasteiger partial charge >= 0.3 is 5.97 Å². The van der Waals surface area contributed by atoms with Crippen LogP contribution in [0.4, 0.5) is 0 Å². The molecule has 1 unspecified atom stereocenters. The molecule has 0 fully saturated rings. The second-order valence-corrected chi connectivity index (χ2v) is 5.45. The van der Waals surface area contributed by atoms with E-state index in [1.807, 2.05) is 6.92 Å². The molecule has 0 aliphatic rings. The van der Waals surface area contributed by atoms with Crippen LogP contribution in [0.25, 0.3) is 0 Å². The van der Waals surface area contributed by atoms with Crippen LogP contribution in [0.3, 0.4) is 0 Å². The topological polar surface area (TPSA) is 55.4 Å². The van der Waals surface area contributed by atoms with Gasteiger partial charge in [0, 0.05) is 0 Å². The number of carbonyl (C=O) groups is 2. The van der Waals surface area contributed by atoms with Gasteiger partial charge in [-0.1, -0.05) is 24.9 Å². The molecule has 1 atom stereocenters. The van der Waals surface area contributed by atoms with Crippen LogP contribution in [0, 0.1) is 0 Å². The number of carbonyl (C=O) groups excluding carboxylic acids is 2. The number of methoxy groups -OCH3 is 1. The highest BCUT2D eigenvalue weighted by atomic mass is 35.5. The quantitative estimate of drug-likeness (QED) is 0.848. The van der Waals surface area contributed by atoms with Crippen molar-refractivity contribution in [2.75, 3.05) is 7.11 Å². The maximum atomic E-state index is 12.0. The molecule has 1 heterocycles. The Morgan fingerprint density at radius 2 is 2.22 bits per heavy atom. The second-order valence-electron chi connectivity index (χ2n) is 4.13. The van der Waals surface area contributed by atoms with E-state index in [1.54, 1.807) is 18.4 Å². The SMILES string of the molecule is CCCC(C)(NC(=O)c1sccc1Cl)C(=O)OC. The van der Waals surface area contributed by atoms with E-state index in [9.17, 15) is 9.59 Å². The summed E-state index contributed by atoms with van der Waals surface area (Å²) >= 11 is 7.13. The Hall–Kier alpha value is -1.07. The molecular weight excluding hydrogens is 274 g/mol. The predicted octanol–water partition coefficient (Wildman–Crippen LogP) is 2.86. The zero-order valence-corrected chi connectivity index (χ0v) is 12.2. The first-order valence-corrected chi connectivity index (χ1v) is 6.84. The van der Waals surface area contributed by atoms with Crippen LogP contribution < -0.4 is 5.32 Å². The summed E-state index contributed by atoms with van der Waals surface area (Å²) < 4.78 is 4.73. The standard InChI is InChI=1S/C12H16ClNO3S/c1-4-6-12(2,11(16)17-3)14-10(15)9-8(13)5-7-18-9/h5,7H,4,6H2,1-3H3,(H,14,15). The molecule has 0 bridgehead atoms. The van der Waals surface area contributed by atoms with E-state index >= 15 is 0 Å². The molecular formula is C12H16ClNO3S. The van der Waals surface area contributed by atoms with Gasteiger partial charge in [0.1, 0.15) is 10.4 Å². The van der Waals surface area contributed by atoms with E-state index in [0.717, 1.165) is 6.42 Å². The Morgan fingerprint density at radius 3 is 2.67 bits per heavy atom. The molecule has 18 heavy (non-hydrogen) atoms. The normalized spacial score (nSPS) is 13.8. The average Bonchev–Trinajstić information content (AvgIpc) is 2.74. The minimum atomic E-state index is -1.02. The molecule has 0 saturated carbocycles. The summed E-state index contributed by atoms with van der Waals surface area (Å²) in [6, 6.07) is 1.65. The number of nitrogens with one attached hydrogen (secondary N) is 1. The summed E-state index contributed by atoms with van der Waals surface area (Å²) in [5, 5.41) is 4.82. The molecule has 0 spiro atoms. The van der Waals surface area contributed by atoms with Crippen molar-refractivity contribution < 1.29 is 14.3 Å². The van der Waals surface area contributed by atoms with E-state index in [0.29, 0.717) is 16.3 Å². The Balaban J connectivity index is 2.88. The van der Waals surface area contributed by atoms with Gasteiger partial charge in [-0.15, -0.1) is 11.3 Å². The van der Waals surface area contributed by atoms with Gasteiger partial charge in [-0.3, -0.25) is 4.79 Å². The van der Waals surface area contributed by atoms with E-state index < -0.39 is 11.5 Å². The van der Waals surface area contributed by atoms with Crippen molar-refractivity contribution >= 4 is 34.8 Å². The molecule has 0 aliphatic heterocycles. The average molecular weight is 290 g/mol. The van der Waals surface area contributed by atoms with Gasteiger partial charge in [-0.25, -0.2) is 4.79 Å². The number of hydrogen-bond donors (Lipinski definition) is 1. The van der Waals surface area contributed by atoms with Crippen LogP contribution >= 0.6 is 22.9 Å². The van der Waals surface area contributed by atoms with Gasteiger partial charge in [-0.2, -0.15) is 0 Å². The molecule has 0 aliphatic carbocycles. The maximum absolute atomic E-state index is 12.0. The first kappa shape index (κ1) is 15.0. The molecule has 1 aromatic rings. The Morgan fingerprint density at radius 1 is 1.56 bits per heavy atom. The number of ether oxygens (including phenoxy) is 1. The van der Waals surface area contributed by atoms with Crippen molar-refractivity contribution in [3.63, 3.8) is 0 Å². The largest absolute Gasteiger partial charge is 0.467 e. The third-order valence-corrected chi connectivity index (χ3v) is 3.94. The van der Waals surface area contributed by atoms with Crippen molar-refractivity contribution in [3.8, 4) is 0 Å². The first-order chi connectivity index (χ1) is 8.44. The molecule has 100 valence electrons. The summed E-state index contributed by atoms with van der Waals surface area (Å²) in [6.07, 6.45) is 1.26. The molecule has 1 N–H and O–H groups in total. The number of rotatable bonds is 5. The van der Waals surface area contributed by atoms with Crippen molar-refractivity contribution in [2.24, 2.45) is 0 Å². The van der Waals surface area contributed by atoms with Gasteiger partial charge in [0.05, 0.1) is 12.1 Å². The van der Waals surface area contributed by atoms with E-state index in [1.165, 1.54) is 18.4 Å². The van der Waals surface area contributed by atoms with Crippen molar-refractivity contribution in [1.82, 2.24) is 5.32 Å². The third-order valence-electron chi connectivity index (χ3n) is 2.60. The molecule has 1 aromatic heterocycles. The Kier molecular flexibility index (Phi) is 5.16. The monoisotopic (exact) mass is 289 g/mol. The first-order valence-electron chi connectivity index (χ1n) is 5.58. The summed E-state index contributed by atoms with van der Waals surface area (Å²) in [4.78, 5) is 24.2. The van der Waals surface area contributed by atoms with Crippen LogP contribution in [0.15, 0.2) is 11.4 Å². The molecule has 4 nitrogen and oxygen atoms in total. The second kappa shape index (κ2) is 6.20. The highest BCUT2D eigenvalue weighted by Gasteiger charge is 2.35. The van der Waals surface area contributed by atoms with Gasteiger partial charge in [0.25, 0.3) is 5.91 Å². The Labute approximate surface area is 115 Å². The van der Waals surface area contributed by atoms with Crippen LogP contribution in [-0.2, 0) is 9.53 Å². The molecule has 6 heteroatoms. The lowest BCUT2D eigenvalue weighted by Gasteiger charge is -2.27. The molecule has 0 aromatic carbocycles. The molecule has 0 saturated heterocycles. The summed E-state index contributed by atoms with van der Waals surface area (Å²) in [5.74, 6) is -0.804. The van der Waals surface area contributed by atoms with Gasteiger partial charge < -0.3 is 10.1 Å². The minimum Gasteiger partial charge on any atom is -0.467 e. The maximum Gasteiger partial charge on any atom is 0.331 e. The zero-order valence-electron chi connectivity index (χ0n) is 10.6. The lowest BCUT2D eigenvalue weighted by Crippen LogP contribution is -2.52. The number of esters is 1. The summed E-state index contributed by atoms with van der Waals surface area (Å²) in [7, 11) is 1.31.